The third kappa shape index (κ3) is 4.38. The van der Waals surface area contributed by atoms with Crippen LogP contribution in [0.15, 0.2) is 24.4 Å². The lowest BCUT2D eigenvalue weighted by Crippen LogP contribution is -2.54. The molecule has 0 radical (unpaired) electrons. The summed E-state index contributed by atoms with van der Waals surface area (Å²) in [6.45, 7) is 9.09. The zero-order valence-electron chi connectivity index (χ0n) is 15.2. The number of nitrogens with two attached hydrogens (primary N) is 1. The predicted octanol–water partition coefficient (Wildman–Crippen LogP) is 1.62. The summed E-state index contributed by atoms with van der Waals surface area (Å²) in [7, 11) is 0. The molecule has 136 valence electrons. The molecular formula is C19H29N5O. The molecule has 1 amide bonds. The molecule has 3 rings (SSSR count). The van der Waals surface area contributed by atoms with Gasteiger partial charge in [-0.15, -0.1) is 0 Å². The van der Waals surface area contributed by atoms with Gasteiger partial charge in [-0.3, -0.25) is 14.8 Å². The van der Waals surface area contributed by atoms with E-state index >= 15 is 0 Å². The van der Waals surface area contributed by atoms with E-state index in [1.807, 2.05) is 17.0 Å². The van der Waals surface area contributed by atoms with Crippen LogP contribution in [0.4, 0.5) is 0 Å². The molecule has 25 heavy (non-hydrogen) atoms. The number of nitrogens with zero attached hydrogens (tertiary/aromatic N) is 3. The molecule has 2 heterocycles. The molecule has 6 nitrogen and oxygen atoms in total. The Hall–Kier alpha value is -1.92. The summed E-state index contributed by atoms with van der Waals surface area (Å²) < 4.78 is 0. The Bertz CT molecular complexity index is 705. The van der Waals surface area contributed by atoms with Crippen LogP contribution < -0.4 is 5.73 Å². The molecule has 3 N–H and O–H groups in total. The van der Waals surface area contributed by atoms with E-state index in [-0.39, 0.29) is 5.91 Å². The van der Waals surface area contributed by atoms with E-state index in [2.05, 4.69) is 35.0 Å². The lowest BCUT2D eigenvalue weighted by atomic mass is 10.0. The SMILES string of the molecule is CCC(C)CN1CCN(C(=O)C(N)Cc2ccc3[nH]ncc3c2)CC1. The zero-order chi connectivity index (χ0) is 17.8. The minimum atomic E-state index is -0.481. The van der Waals surface area contributed by atoms with Gasteiger partial charge in [0.15, 0.2) is 0 Å². The molecule has 1 aliphatic rings. The van der Waals surface area contributed by atoms with Gasteiger partial charge in [-0.25, -0.2) is 0 Å². The van der Waals surface area contributed by atoms with Crippen molar-refractivity contribution in [1.29, 1.82) is 0 Å². The van der Waals surface area contributed by atoms with Gasteiger partial charge in [-0.1, -0.05) is 26.3 Å². The van der Waals surface area contributed by atoms with Crippen molar-refractivity contribution in [3.05, 3.63) is 30.0 Å². The van der Waals surface area contributed by atoms with E-state index in [1.165, 1.54) is 6.42 Å². The molecule has 6 heteroatoms. The number of aromatic nitrogens is 2. The number of fused-ring (bicyclic) bond motifs is 1. The topological polar surface area (TPSA) is 78.2 Å². The van der Waals surface area contributed by atoms with Gasteiger partial charge in [-0.2, -0.15) is 5.10 Å². The van der Waals surface area contributed by atoms with Crippen molar-refractivity contribution in [3.8, 4) is 0 Å². The van der Waals surface area contributed by atoms with E-state index < -0.39 is 6.04 Å². The number of aromatic amines is 1. The third-order valence-electron chi connectivity index (χ3n) is 5.23. The van der Waals surface area contributed by atoms with Gasteiger partial charge in [0.1, 0.15) is 0 Å². The summed E-state index contributed by atoms with van der Waals surface area (Å²) in [4.78, 5) is 17.0. The Morgan fingerprint density at radius 2 is 2.08 bits per heavy atom. The Balaban J connectivity index is 1.52. The predicted molar refractivity (Wildman–Crippen MR) is 100 cm³/mol. The molecule has 1 fully saturated rings. The highest BCUT2D eigenvalue weighted by molar-refractivity contribution is 5.83. The second-order valence-electron chi connectivity index (χ2n) is 7.24. The number of H-pyrrole nitrogens is 1. The number of benzene rings is 1. The van der Waals surface area contributed by atoms with Gasteiger partial charge in [0, 0.05) is 38.1 Å². The van der Waals surface area contributed by atoms with Crippen molar-refractivity contribution in [3.63, 3.8) is 0 Å². The van der Waals surface area contributed by atoms with E-state index in [9.17, 15) is 4.79 Å². The maximum absolute atomic E-state index is 12.7. The van der Waals surface area contributed by atoms with Gasteiger partial charge >= 0.3 is 0 Å². The molecule has 2 aromatic rings. The molecule has 1 aromatic heterocycles. The number of nitrogens with one attached hydrogen (secondary N) is 1. The molecule has 0 aliphatic carbocycles. The number of amides is 1. The van der Waals surface area contributed by atoms with Crippen LogP contribution >= 0.6 is 0 Å². The molecule has 0 bridgehead atoms. The number of piperazine rings is 1. The van der Waals surface area contributed by atoms with Crippen LogP contribution in [0.1, 0.15) is 25.8 Å². The number of hydrogen-bond donors (Lipinski definition) is 2. The van der Waals surface area contributed by atoms with E-state index in [4.69, 9.17) is 5.73 Å². The monoisotopic (exact) mass is 343 g/mol. The minimum absolute atomic E-state index is 0.0653. The Kier molecular flexibility index (Phi) is 5.71. The fourth-order valence-electron chi connectivity index (χ4n) is 3.42. The number of hydrogen-bond acceptors (Lipinski definition) is 4. The molecule has 2 atom stereocenters. The molecular weight excluding hydrogens is 314 g/mol. The van der Waals surface area contributed by atoms with Gasteiger partial charge in [0.25, 0.3) is 0 Å². The van der Waals surface area contributed by atoms with Crippen LogP contribution in [0.25, 0.3) is 10.9 Å². The summed E-state index contributed by atoms with van der Waals surface area (Å²) in [5.74, 6) is 0.776. The zero-order valence-corrected chi connectivity index (χ0v) is 15.2. The minimum Gasteiger partial charge on any atom is -0.339 e. The van der Waals surface area contributed by atoms with E-state index in [1.54, 1.807) is 6.20 Å². The van der Waals surface area contributed by atoms with Crippen LogP contribution in [-0.4, -0.2) is 64.7 Å². The Morgan fingerprint density at radius 1 is 1.32 bits per heavy atom. The van der Waals surface area contributed by atoms with Gasteiger partial charge < -0.3 is 10.6 Å². The lowest BCUT2D eigenvalue weighted by molar-refractivity contribution is -0.134. The molecule has 1 saturated heterocycles. The second kappa shape index (κ2) is 7.97. The summed E-state index contributed by atoms with van der Waals surface area (Å²) in [5, 5.41) is 8.01. The van der Waals surface area contributed by atoms with Crippen molar-refractivity contribution >= 4 is 16.8 Å². The first-order chi connectivity index (χ1) is 12.1. The average molecular weight is 343 g/mol. The molecule has 0 spiro atoms. The Labute approximate surface area is 149 Å². The highest BCUT2D eigenvalue weighted by Crippen LogP contribution is 2.15. The van der Waals surface area contributed by atoms with Crippen LogP contribution in [-0.2, 0) is 11.2 Å². The maximum Gasteiger partial charge on any atom is 0.239 e. The first-order valence-electron chi connectivity index (χ1n) is 9.25. The second-order valence-corrected chi connectivity index (χ2v) is 7.24. The van der Waals surface area contributed by atoms with E-state index in [0.717, 1.165) is 49.2 Å². The number of rotatable bonds is 6. The number of carbonyl (C=O) groups is 1. The maximum atomic E-state index is 12.7. The van der Waals surface area contributed by atoms with Crippen molar-refractivity contribution < 1.29 is 4.79 Å². The van der Waals surface area contributed by atoms with Crippen molar-refractivity contribution in [2.75, 3.05) is 32.7 Å². The fourth-order valence-corrected chi connectivity index (χ4v) is 3.42. The van der Waals surface area contributed by atoms with Crippen molar-refractivity contribution in [1.82, 2.24) is 20.0 Å². The normalized spacial score (nSPS) is 18.4. The summed E-state index contributed by atoms with van der Waals surface area (Å²) in [6, 6.07) is 5.57. The quantitative estimate of drug-likeness (QED) is 0.835. The van der Waals surface area contributed by atoms with Crippen LogP contribution in [0, 0.1) is 5.92 Å². The van der Waals surface area contributed by atoms with Crippen molar-refractivity contribution in [2.24, 2.45) is 11.7 Å². The molecule has 1 aromatic carbocycles. The van der Waals surface area contributed by atoms with Gasteiger partial charge in [0.2, 0.25) is 5.91 Å². The smallest absolute Gasteiger partial charge is 0.239 e. The fraction of sp³-hybridized carbons (Fsp3) is 0.579. The molecule has 2 unspecified atom stereocenters. The lowest BCUT2D eigenvalue weighted by Gasteiger charge is -2.36. The van der Waals surface area contributed by atoms with Gasteiger partial charge in [-0.05, 0) is 30.0 Å². The van der Waals surface area contributed by atoms with Crippen molar-refractivity contribution in [2.45, 2.75) is 32.7 Å². The highest BCUT2D eigenvalue weighted by Gasteiger charge is 2.25. The Morgan fingerprint density at radius 3 is 2.80 bits per heavy atom. The van der Waals surface area contributed by atoms with Crippen LogP contribution in [0.3, 0.4) is 0 Å². The average Bonchev–Trinajstić information content (AvgIpc) is 3.09. The molecule has 1 aliphatic heterocycles. The first-order valence-corrected chi connectivity index (χ1v) is 9.25. The summed E-state index contributed by atoms with van der Waals surface area (Å²) in [5.41, 5.74) is 8.28. The van der Waals surface area contributed by atoms with E-state index in [0.29, 0.717) is 12.3 Å². The third-order valence-corrected chi connectivity index (χ3v) is 5.23. The first kappa shape index (κ1) is 17.9. The van der Waals surface area contributed by atoms with Gasteiger partial charge in [0.05, 0.1) is 17.8 Å². The largest absolute Gasteiger partial charge is 0.339 e. The molecule has 0 saturated carbocycles. The highest BCUT2D eigenvalue weighted by atomic mass is 16.2. The number of carbonyl (C=O) groups excluding carboxylic acids is 1. The standard InChI is InChI=1S/C19H29N5O/c1-3-14(2)13-23-6-8-24(9-7-23)19(25)17(20)11-15-4-5-18-16(10-15)12-21-22-18/h4-5,10,12,14,17H,3,6-9,11,13,20H2,1-2H3,(H,21,22). The summed E-state index contributed by atoms with van der Waals surface area (Å²) >= 11 is 0. The van der Waals surface area contributed by atoms with Crippen LogP contribution in [0.2, 0.25) is 0 Å². The summed E-state index contributed by atoms with van der Waals surface area (Å²) in [6.07, 6.45) is 3.56. The van der Waals surface area contributed by atoms with Crippen LogP contribution in [0.5, 0.6) is 0 Å².